The number of nitrogens with one attached hydrogen (secondary N) is 1. The topological polar surface area (TPSA) is 50.8 Å². The second kappa shape index (κ2) is 9.70. The lowest BCUT2D eigenvalue weighted by atomic mass is 10.1. The van der Waals surface area contributed by atoms with Gasteiger partial charge < -0.3 is 19.7 Å². The van der Waals surface area contributed by atoms with Crippen LogP contribution >= 0.6 is 0 Å². The molecule has 0 fully saturated rings. The summed E-state index contributed by atoms with van der Waals surface area (Å²) in [5.74, 6) is 1.65. The van der Waals surface area contributed by atoms with E-state index in [1.54, 1.807) is 19.1 Å². The standard InChI is InChI=1S/C21H28N2O3/c1-16-7-5-10-20(13-16)26-12-11-23(3)21(24)22-17(2)14-18-8-6-9-19(15-18)25-4/h5-10,13,15,17H,11-12,14H2,1-4H3,(H,22,24). The molecule has 5 nitrogen and oxygen atoms in total. The predicted molar refractivity (Wildman–Crippen MR) is 104 cm³/mol. The van der Waals surface area contributed by atoms with Crippen LogP contribution in [0.15, 0.2) is 48.5 Å². The molecule has 0 aliphatic heterocycles. The number of methoxy groups -OCH3 is 1. The molecule has 1 unspecified atom stereocenters. The van der Waals surface area contributed by atoms with E-state index in [2.05, 4.69) is 5.32 Å². The molecule has 0 bridgehead atoms. The molecular weight excluding hydrogens is 328 g/mol. The number of nitrogens with zero attached hydrogens (tertiary/aromatic N) is 1. The minimum absolute atomic E-state index is 0.0229. The fraction of sp³-hybridized carbons (Fsp3) is 0.381. The lowest BCUT2D eigenvalue weighted by Crippen LogP contribution is -2.44. The molecule has 140 valence electrons. The average molecular weight is 356 g/mol. The van der Waals surface area contributed by atoms with Gasteiger partial charge in [0.2, 0.25) is 0 Å². The first-order valence-corrected chi connectivity index (χ1v) is 8.82. The average Bonchev–Trinajstić information content (AvgIpc) is 2.61. The number of rotatable bonds is 8. The lowest BCUT2D eigenvalue weighted by molar-refractivity contribution is 0.192. The maximum absolute atomic E-state index is 12.3. The fourth-order valence-corrected chi connectivity index (χ4v) is 2.63. The van der Waals surface area contributed by atoms with Crippen LogP contribution in [0.2, 0.25) is 0 Å². The van der Waals surface area contributed by atoms with Gasteiger partial charge in [-0.1, -0.05) is 24.3 Å². The zero-order chi connectivity index (χ0) is 18.9. The molecule has 0 aliphatic carbocycles. The van der Waals surface area contributed by atoms with E-state index in [9.17, 15) is 4.79 Å². The third-order valence-electron chi connectivity index (χ3n) is 4.08. The molecule has 0 radical (unpaired) electrons. The van der Waals surface area contributed by atoms with E-state index >= 15 is 0 Å². The molecule has 26 heavy (non-hydrogen) atoms. The molecule has 2 aromatic rings. The summed E-state index contributed by atoms with van der Waals surface area (Å²) in [5, 5.41) is 3.01. The van der Waals surface area contributed by atoms with E-state index in [4.69, 9.17) is 9.47 Å². The molecule has 0 spiro atoms. The molecule has 2 aromatic carbocycles. The third-order valence-corrected chi connectivity index (χ3v) is 4.08. The van der Waals surface area contributed by atoms with E-state index in [1.807, 2.05) is 62.4 Å². The first kappa shape index (κ1) is 19.6. The highest BCUT2D eigenvalue weighted by atomic mass is 16.5. The molecule has 1 N–H and O–H groups in total. The molecule has 2 rings (SSSR count). The highest BCUT2D eigenvalue weighted by Crippen LogP contribution is 2.14. The molecular formula is C21H28N2O3. The molecule has 0 heterocycles. The first-order chi connectivity index (χ1) is 12.5. The minimum Gasteiger partial charge on any atom is -0.497 e. The van der Waals surface area contributed by atoms with Crippen LogP contribution in [-0.2, 0) is 6.42 Å². The summed E-state index contributed by atoms with van der Waals surface area (Å²) in [4.78, 5) is 13.9. The Labute approximate surface area is 155 Å². The number of ether oxygens (including phenoxy) is 2. The van der Waals surface area contributed by atoms with Crippen molar-refractivity contribution in [1.29, 1.82) is 0 Å². The van der Waals surface area contributed by atoms with Crippen LogP contribution in [0.3, 0.4) is 0 Å². The van der Waals surface area contributed by atoms with Gasteiger partial charge in [-0.3, -0.25) is 0 Å². The number of aryl methyl sites for hydroxylation is 1. The van der Waals surface area contributed by atoms with Gasteiger partial charge in [0.1, 0.15) is 18.1 Å². The number of hydrogen-bond donors (Lipinski definition) is 1. The van der Waals surface area contributed by atoms with E-state index < -0.39 is 0 Å². The number of carbonyl (C=O) groups is 1. The molecule has 1 atom stereocenters. The van der Waals surface area contributed by atoms with Crippen LogP contribution in [0.4, 0.5) is 4.79 Å². The van der Waals surface area contributed by atoms with Crippen molar-refractivity contribution in [2.45, 2.75) is 26.3 Å². The highest BCUT2D eigenvalue weighted by molar-refractivity contribution is 5.74. The smallest absolute Gasteiger partial charge is 0.317 e. The number of likely N-dealkylation sites (N-methyl/N-ethyl adjacent to an activating group) is 1. The summed E-state index contributed by atoms with van der Waals surface area (Å²) in [7, 11) is 3.42. The summed E-state index contributed by atoms with van der Waals surface area (Å²) in [6.45, 7) is 4.99. The van der Waals surface area contributed by atoms with Crippen molar-refractivity contribution in [3.05, 3.63) is 59.7 Å². The van der Waals surface area contributed by atoms with E-state index in [-0.39, 0.29) is 12.1 Å². The van der Waals surface area contributed by atoms with Crippen molar-refractivity contribution < 1.29 is 14.3 Å². The van der Waals surface area contributed by atoms with Gasteiger partial charge in [-0.05, 0) is 55.7 Å². The van der Waals surface area contributed by atoms with Crippen molar-refractivity contribution in [2.24, 2.45) is 0 Å². The summed E-state index contributed by atoms with van der Waals surface area (Å²) < 4.78 is 10.9. The molecule has 2 amide bonds. The van der Waals surface area contributed by atoms with Crippen molar-refractivity contribution in [3.8, 4) is 11.5 Å². The molecule has 0 saturated heterocycles. The van der Waals surface area contributed by atoms with Gasteiger partial charge in [-0.25, -0.2) is 4.79 Å². The van der Waals surface area contributed by atoms with Crippen LogP contribution in [0.25, 0.3) is 0 Å². The van der Waals surface area contributed by atoms with Gasteiger partial charge in [0.15, 0.2) is 0 Å². The zero-order valence-electron chi connectivity index (χ0n) is 16.0. The number of hydrogen-bond acceptors (Lipinski definition) is 3. The Morgan fingerprint density at radius 2 is 1.88 bits per heavy atom. The van der Waals surface area contributed by atoms with E-state index in [1.165, 1.54) is 0 Å². The summed E-state index contributed by atoms with van der Waals surface area (Å²) in [6, 6.07) is 15.7. The normalized spacial score (nSPS) is 11.5. The largest absolute Gasteiger partial charge is 0.497 e. The van der Waals surface area contributed by atoms with Crippen molar-refractivity contribution in [3.63, 3.8) is 0 Å². The quantitative estimate of drug-likeness (QED) is 0.785. The Hall–Kier alpha value is -2.69. The van der Waals surface area contributed by atoms with Gasteiger partial charge in [-0.2, -0.15) is 0 Å². The molecule has 0 aliphatic rings. The van der Waals surface area contributed by atoms with Crippen LogP contribution in [0, 0.1) is 6.92 Å². The van der Waals surface area contributed by atoms with Gasteiger partial charge in [0, 0.05) is 13.1 Å². The Balaban J connectivity index is 1.75. The Bertz CT molecular complexity index is 718. The fourth-order valence-electron chi connectivity index (χ4n) is 2.63. The molecule has 0 saturated carbocycles. The van der Waals surface area contributed by atoms with Crippen LogP contribution in [-0.4, -0.2) is 44.3 Å². The summed E-state index contributed by atoms with van der Waals surface area (Å²) in [5.41, 5.74) is 2.28. The van der Waals surface area contributed by atoms with Gasteiger partial charge >= 0.3 is 6.03 Å². The Kier molecular flexibility index (Phi) is 7.33. The van der Waals surface area contributed by atoms with Crippen LogP contribution in [0.5, 0.6) is 11.5 Å². The van der Waals surface area contributed by atoms with Crippen molar-refractivity contribution in [2.75, 3.05) is 27.3 Å². The van der Waals surface area contributed by atoms with Gasteiger partial charge in [0.25, 0.3) is 0 Å². The predicted octanol–water partition coefficient (Wildman–Crippen LogP) is 3.66. The summed E-state index contributed by atoms with van der Waals surface area (Å²) >= 11 is 0. The monoisotopic (exact) mass is 356 g/mol. The third kappa shape index (κ3) is 6.31. The maximum atomic E-state index is 12.3. The van der Waals surface area contributed by atoms with Gasteiger partial charge in [-0.15, -0.1) is 0 Å². The highest BCUT2D eigenvalue weighted by Gasteiger charge is 2.12. The van der Waals surface area contributed by atoms with Crippen LogP contribution in [0.1, 0.15) is 18.1 Å². The summed E-state index contributed by atoms with van der Waals surface area (Å²) in [6.07, 6.45) is 0.747. The Morgan fingerprint density at radius 1 is 1.15 bits per heavy atom. The Morgan fingerprint density at radius 3 is 2.62 bits per heavy atom. The molecule has 0 aromatic heterocycles. The number of carbonyl (C=O) groups excluding carboxylic acids is 1. The van der Waals surface area contributed by atoms with Crippen molar-refractivity contribution >= 4 is 6.03 Å². The number of amides is 2. The number of urea groups is 1. The van der Waals surface area contributed by atoms with Crippen LogP contribution < -0.4 is 14.8 Å². The SMILES string of the molecule is COc1cccc(CC(C)NC(=O)N(C)CCOc2cccc(C)c2)c1. The number of benzene rings is 2. The van der Waals surface area contributed by atoms with Gasteiger partial charge in [0.05, 0.1) is 13.7 Å². The van der Waals surface area contributed by atoms with E-state index in [0.29, 0.717) is 13.2 Å². The molecule has 5 heteroatoms. The van der Waals surface area contributed by atoms with Crippen molar-refractivity contribution in [1.82, 2.24) is 10.2 Å². The zero-order valence-corrected chi connectivity index (χ0v) is 16.0. The maximum Gasteiger partial charge on any atom is 0.317 e. The first-order valence-electron chi connectivity index (χ1n) is 8.82. The minimum atomic E-state index is -0.103. The second-order valence-electron chi connectivity index (χ2n) is 6.49. The lowest BCUT2D eigenvalue weighted by Gasteiger charge is -2.21. The van der Waals surface area contributed by atoms with E-state index in [0.717, 1.165) is 29.0 Å². The second-order valence-corrected chi connectivity index (χ2v) is 6.49.